The number of halogens is 1. The van der Waals surface area contributed by atoms with Crippen molar-refractivity contribution in [2.75, 3.05) is 18.9 Å². The third-order valence-corrected chi connectivity index (χ3v) is 5.44. The monoisotopic (exact) mass is 383 g/mol. The highest BCUT2D eigenvalue weighted by Crippen LogP contribution is 2.33. The highest BCUT2D eigenvalue weighted by Gasteiger charge is 2.22. The molecule has 136 valence electrons. The van der Waals surface area contributed by atoms with Gasteiger partial charge in [-0.05, 0) is 35.2 Å². The summed E-state index contributed by atoms with van der Waals surface area (Å²) in [6, 6.07) is 9.85. The fourth-order valence-corrected chi connectivity index (χ4v) is 3.81. The van der Waals surface area contributed by atoms with Gasteiger partial charge in [-0.25, -0.2) is 8.42 Å². The van der Waals surface area contributed by atoms with Gasteiger partial charge in [0.25, 0.3) is 10.0 Å². The zero-order valence-corrected chi connectivity index (χ0v) is 16.5. The van der Waals surface area contributed by atoms with Gasteiger partial charge < -0.3 is 9.47 Å². The van der Waals surface area contributed by atoms with Crippen LogP contribution in [0.1, 0.15) is 26.3 Å². The Morgan fingerprint density at radius 2 is 1.68 bits per heavy atom. The van der Waals surface area contributed by atoms with Crippen molar-refractivity contribution in [2.45, 2.75) is 31.1 Å². The highest BCUT2D eigenvalue weighted by atomic mass is 35.5. The van der Waals surface area contributed by atoms with Crippen molar-refractivity contribution in [1.29, 1.82) is 0 Å². The first-order chi connectivity index (χ1) is 11.6. The van der Waals surface area contributed by atoms with E-state index >= 15 is 0 Å². The Balaban J connectivity index is 2.43. The summed E-state index contributed by atoms with van der Waals surface area (Å²) >= 11 is 6.28. The van der Waals surface area contributed by atoms with Gasteiger partial charge in [-0.3, -0.25) is 4.72 Å². The first kappa shape index (κ1) is 19.4. The standard InChI is InChI=1S/C18H22ClNO4S/c1-18(2,3)12-6-8-15(14(19)10-12)20-25(21,22)17-11-13(23-4)7-9-16(17)24-5/h6-11,20H,1-5H3. The van der Waals surface area contributed by atoms with Crippen LogP contribution in [0.5, 0.6) is 11.5 Å². The average molecular weight is 384 g/mol. The molecule has 0 aliphatic rings. The molecule has 0 unspecified atom stereocenters. The first-order valence-electron chi connectivity index (χ1n) is 7.63. The number of benzene rings is 2. The van der Waals surface area contributed by atoms with Crippen LogP contribution in [0.25, 0.3) is 0 Å². The molecule has 2 aromatic carbocycles. The lowest BCUT2D eigenvalue weighted by molar-refractivity contribution is 0.392. The lowest BCUT2D eigenvalue weighted by atomic mass is 9.87. The molecule has 0 amide bonds. The maximum Gasteiger partial charge on any atom is 0.265 e. The molecule has 0 saturated carbocycles. The van der Waals surface area contributed by atoms with E-state index in [0.717, 1.165) is 5.56 Å². The summed E-state index contributed by atoms with van der Waals surface area (Å²) in [7, 11) is -1.02. The van der Waals surface area contributed by atoms with Crippen LogP contribution in [-0.2, 0) is 15.4 Å². The summed E-state index contributed by atoms with van der Waals surface area (Å²) < 4.78 is 38.3. The van der Waals surface area contributed by atoms with Crippen LogP contribution in [0.4, 0.5) is 5.69 Å². The molecule has 0 aliphatic carbocycles. The van der Waals surface area contributed by atoms with Gasteiger partial charge in [-0.15, -0.1) is 0 Å². The summed E-state index contributed by atoms with van der Waals surface area (Å²) in [5.74, 6) is 0.631. The van der Waals surface area contributed by atoms with E-state index in [2.05, 4.69) is 25.5 Å². The zero-order chi connectivity index (χ0) is 18.8. The highest BCUT2D eigenvalue weighted by molar-refractivity contribution is 7.92. The van der Waals surface area contributed by atoms with Crippen LogP contribution in [0.15, 0.2) is 41.3 Å². The van der Waals surface area contributed by atoms with Gasteiger partial charge in [0.2, 0.25) is 0 Å². The molecule has 5 nitrogen and oxygen atoms in total. The number of rotatable bonds is 5. The summed E-state index contributed by atoms with van der Waals surface area (Å²) in [6.07, 6.45) is 0. The number of anilines is 1. The van der Waals surface area contributed by atoms with E-state index in [1.807, 2.05) is 6.07 Å². The fraction of sp³-hybridized carbons (Fsp3) is 0.333. The van der Waals surface area contributed by atoms with Crippen LogP contribution in [0.3, 0.4) is 0 Å². The van der Waals surface area contributed by atoms with E-state index in [4.69, 9.17) is 21.1 Å². The van der Waals surface area contributed by atoms with Crippen LogP contribution in [-0.4, -0.2) is 22.6 Å². The molecule has 2 rings (SSSR count). The van der Waals surface area contributed by atoms with Gasteiger partial charge in [0.05, 0.1) is 24.9 Å². The molecule has 0 atom stereocenters. The van der Waals surface area contributed by atoms with Crippen molar-refractivity contribution in [3.8, 4) is 11.5 Å². The number of ether oxygens (including phenoxy) is 2. The van der Waals surface area contributed by atoms with Crippen molar-refractivity contribution in [3.05, 3.63) is 47.0 Å². The minimum absolute atomic E-state index is 0.0229. The minimum Gasteiger partial charge on any atom is -0.497 e. The van der Waals surface area contributed by atoms with Gasteiger partial charge in [-0.1, -0.05) is 38.4 Å². The molecule has 25 heavy (non-hydrogen) atoms. The number of hydrogen-bond donors (Lipinski definition) is 1. The molecule has 1 N–H and O–H groups in total. The van der Waals surface area contributed by atoms with E-state index in [-0.39, 0.29) is 16.1 Å². The summed E-state index contributed by atoms with van der Waals surface area (Å²) in [5, 5.41) is 0.331. The predicted molar refractivity (Wildman–Crippen MR) is 101 cm³/mol. The Kier molecular flexibility index (Phi) is 5.54. The second kappa shape index (κ2) is 7.14. The maximum atomic E-state index is 12.8. The minimum atomic E-state index is -3.90. The van der Waals surface area contributed by atoms with Crippen LogP contribution in [0, 0.1) is 0 Å². The molecule has 0 radical (unpaired) electrons. The predicted octanol–water partition coefficient (Wildman–Crippen LogP) is 4.46. The maximum absolute atomic E-state index is 12.8. The normalized spacial score (nSPS) is 11.9. The number of methoxy groups -OCH3 is 2. The Morgan fingerprint density at radius 3 is 2.20 bits per heavy atom. The molecular formula is C18H22ClNO4S. The lowest BCUT2D eigenvalue weighted by Crippen LogP contribution is -2.15. The second-order valence-electron chi connectivity index (χ2n) is 6.57. The average Bonchev–Trinajstić information content (AvgIpc) is 2.55. The smallest absolute Gasteiger partial charge is 0.265 e. The summed E-state index contributed by atoms with van der Waals surface area (Å²) in [6.45, 7) is 6.18. The van der Waals surface area contributed by atoms with Crippen molar-refractivity contribution in [3.63, 3.8) is 0 Å². The van der Waals surface area contributed by atoms with Gasteiger partial charge >= 0.3 is 0 Å². The van der Waals surface area contributed by atoms with Crippen LogP contribution >= 0.6 is 11.6 Å². The molecule has 0 aliphatic heterocycles. The Morgan fingerprint density at radius 1 is 1.00 bits per heavy atom. The SMILES string of the molecule is COc1ccc(OC)c(S(=O)(=O)Nc2ccc(C(C)(C)C)cc2Cl)c1. The molecule has 2 aromatic rings. The largest absolute Gasteiger partial charge is 0.497 e. The quantitative estimate of drug-likeness (QED) is 0.828. The number of sulfonamides is 1. The van der Waals surface area contributed by atoms with E-state index in [1.165, 1.54) is 26.4 Å². The molecule has 0 bridgehead atoms. The lowest BCUT2D eigenvalue weighted by Gasteiger charge is -2.20. The topological polar surface area (TPSA) is 64.6 Å². The van der Waals surface area contributed by atoms with Gasteiger partial charge in [-0.2, -0.15) is 0 Å². The van der Waals surface area contributed by atoms with Crippen molar-refractivity contribution < 1.29 is 17.9 Å². The van der Waals surface area contributed by atoms with E-state index in [9.17, 15) is 8.42 Å². The number of hydrogen-bond acceptors (Lipinski definition) is 4. The Labute approximate surface area is 154 Å². The van der Waals surface area contributed by atoms with Crippen LogP contribution < -0.4 is 14.2 Å². The summed E-state index contributed by atoms with van der Waals surface area (Å²) in [4.78, 5) is -0.0229. The number of nitrogens with one attached hydrogen (secondary N) is 1. The first-order valence-corrected chi connectivity index (χ1v) is 9.49. The van der Waals surface area contributed by atoms with Gasteiger partial charge in [0.1, 0.15) is 16.4 Å². The third kappa shape index (κ3) is 4.38. The molecule has 0 saturated heterocycles. The molecule has 0 aromatic heterocycles. The molecule has 7 heteroatoms. The Bertz CT molecular complexity index is 873. The van der Waals surface area contributed by atoms with Crippen molar-refractivity contribution in [1.82, 2.24) is 0 Å². The van der Waals surface area contributed by atoms with Crippen molar-refractivity contribution in [2.24, 2.45) is 0 Å². The summed E-state index contributed by atoms with van der Waals surface area (Å²) in [5.41, 5.74) is 1.23. The van der Waals surface area contributed by atoms with E-state index in [0.29, 0.717) is 16.5 Å². The van der Waals surface area contributed by atoms with E-state index < -0.39 is 10.0 Å². The molecule has 0 fully saturated rings. The molecular weight excluding hydrogens is 362 g/mol. The molecule has 0 heterocycles. The van der Waals surface area contributed by atoms with E-state index in [1.54, 1.807) is 18.2 Å². The van der Waals surface area contributed by atoms with Gasteiger partial charge in [0.15, 0.2) is 0 Å². The second-order valence-corrected chi connectivity index (χ2v) is 8.62. The molecule has 0 spiro atoms. The Hall–Kier alpha value is -1.92. The van der Waals surface area contributed by atoms with Gasteiger partial charge in [0, 0.05) is 6.07 Å². The fourth-order valence-electron chi connectivity index (χ4n) is 2.26. The third-order valence-electron chi connectivity index (χ3n) is 3.74. The zero-order valence-electron chi connectivity index (χ0n) is 14.9. The van der Waals surface area contributed by atoms with Crippen molar-refractivity contribution >= 4 is 27.3 Å². The van der Waals surface area contributed by atoms with Crippen LogP contribution in [0.2, 0.25) is 5.02 Å².